The molecule has 8 heteroatoms. The predicted molar refractivity (Wildman–Crippen MR) is 126 cm³/mol. The van der Waals surface area contributed by atoms with Crippen LogP contribution in [0, 0.1) is 5.92 Å². The average Bonchev–Trinajstić information content (AvgIpc) is 3.55. The van der Waals surface area contributed by atoms with E-state index in [4.69, 9.17) is 13.9 Å². The zero-order valence-corrected chi connectivity index (χ0v) is 19.0. The smallest absolute Gasteiger partial charge is 0.231 e. The Kier molecular flexibility index (Phi) is 6.00. The van der Waals surface area contributed by atoms with Crippen LogP contribution in [0.15, 0.2) is 47.0 Å². The van der Waals surface area contributed by atoms with E-state index >= 15 is 0 Å². The molecule has 1 fully saturated rings. The number of rotatable bonds is 9. The fraction of sp³-hybridized carbons (Fsp3) is 0.400. The van der Waals surface area contributed by atoms with Gasteiger partial charge in [-0.2, -0.15) is 0 Å². The standard InChI is InChI=1S/C25H28N4O4/c1-3-28(11-12-31-2)20-5-4-6-22-19(20)14-23(33-22)21-15-26-24-9-10-25(27-29(21)24)32-16-17-7-8-18(30)13-17/h4-6,9-10,14-15,17H,3,7-8,11-13,16H2,1-2H3/t17-/m0/s1. The minimum Gasteiger partial charge on any atom is -0.476 e. The summed E-state index contributed by atoms with van der Waals surface area (Å²) in [6.45, 7) is 4.96. The Labute approximate surface area is 192 Å². The summed E-state index contributed by atoms with van der Waals surface area (Å²) in [7, 11) is 1.72. The summed E-state index contributed by atoms with van der Waals surface area (Å²) in [5.41, 5.74) is 3.39. The van der Waals surface area contributed by atoms with Crippen LogP contribution >= 0.6 is 0 Å². The van der Waals surface area contributed by atoms with Crippen molar-refractivity contribution in [1.29, 1.82) is 0 Å². The van der Waals surface area contributed by atoms with Gasteiger partial charge in [-0.15, -0.1) is 5.10 Å². The van der Waals surface area contributed by atoms with Crippen molar-refractivity contribution < 1.29 is 18.7 Å². The molecule has 1 aromatic carbocycles. The van der Waals surface area contributed by atoms with Gasteiger partial charge in [-0.05, 0) is 37.6 Å². The number of carbonyl (C=O) groups is 1. The number of ketones is 1. The number of carbonyl (C=O) groups excluding carboxylic acids is 1. The fourth-order valence-corrected chi connectivity index (χ4v) is 4.44. The number of furan rings is 1. The molecule has 0 N–H and O–H groups in total. The predicted octanol–water partition coefficient (Wildman–Crippen LogP) is 4.36. The van der Waals surface area contributed by atoms with E-state index in [-0.39, 0.29) is 5.92 Å². The Bertz CT molecular complexity index is 1280. The van der Waals surface area contributed by atoms with E-state index in [0.29, 0.717) is 49.1 Å². The summed E-state index contributed by atoms with van der Waals surface area (Å²) in [5, 5.41) is 5.68. The molecule has 8 nitrogen and oxygen atoms in total. The molecule has 5 rings (SSSR count). The first-order chi connectivity index (χ1) is 16.2. The average molecular weight is 449 g/mol. The van der Waals surface area contributed by atoms with Gasteiger partial charge >= 0.3 is 0 Å². The molecule has 0 spiro atoms. The number of fused-ring (bicyclic) bond motifs is 2. The number of likely N-dealkylation sites (N-methyl/N-ethyl adjacent to an activating group) is 1. The zero-order chi connectivity index (χ0) is 22.8. The van der Waals surface area contributed by atoms with Crippen LogP contribution in [0.2, 0.25) is 0 Å². The quantitative estimate of drug-likeness (QED) is 0.376. The number of nitrogens with zero attached hydrogens (tertiary/aromatic N) is 4. The Morgan fingerprint density at radius 1 is 1.27 bits per heavy atom. The van der Waals surface area contributed by atoms with Gasteiger partial charge in [-0.1, -0.05) is 6.07 Å². The summed E-state index contributed by atoms with van der Waals surface area (Å²) in [5.74, 6) is 1.79. The number of anilines is 1. The lowest BCUT2D eigenvalue weighted by Crippen LogP contribution is -2.26. The fourth-order valence-electron chi connectivity index (χ4n) is 4.44. The second-order valence-corrected chi connectivity index (χ2v) is 8.42. The van der Waals surface area contributed by atoms with E-state index in [1.807, 2.05) is 30.3 Å². The summed E-state index contributed by atoms with van der Waals surface area (Å²) in [6.07, 6.45) is 3.90. The second-order valence-electron chi connectivity index (χ2n) is 8.42. The van der Waals surface area contributed by atoms with Gasteiger partial charge in [0.1, 0.15) is 17.1 Å². The van der Waals surface area contributed by atoms with Crippen LogP contribution in [0.3, 0.4) is 0 Å². The summed E-state index contributed by atoms with van der Waals surface area (Å²) in [4.78, 5) is 18.3. The molecule has 1 aliphatic rings. The molecule has 1 saturated carbocycles. The number of Topliss-reactive ketones (excluding diaryl/α,β-unsaturated/α-hetero) is 1. The van der Waals surface area contributed by atoms with Crippen molar-refractivity contribution in [1.82, 2.24) is 14.6 Å². The van der Waals surface area contributed by atoms with E-state index < -0.39 is 0 Å². The monoisotopic (exact) mass is 448 g/mol. The highest BCUT2D eigenvalue weighted by Gasteiger charge is 2.23. The molecule has 33 heavy (non-hydrogen) atoms. The third kappa shape index (κ3) is 4.30. The molecule has 0 radical (unpaired) electrons. The molecule has 0 unspecified atom stereocenters. The van der Waals surface area contributed by atoms with E-state index in [1.165, 1.54) is 0 Å². The Balaban J connectivity index is 1.45. The van der Waals surface area contributed by atoms with E-state index in [2.05, 4.69) is 28.0 Å². The van der Waals surface area contributed by atoms with Gasteiger partial charge in [-0.3, -0.25) is 4.79 Å². The minimum atomic E-state index is 0.269. The van der Waals surface area contributed by atoms with Gasteiger partial charge < -0.3 is 18.8 Å². The maximum atomic E-state index is 11.5. The highest BCUT2D eigenvalue weighted by Crippen LogP contribution is 2.34. The van der Waals surface area contributed by atoms with Gasteiger partial charge in [0.05, 0.1) is 19.4 Å². The molecule has 172 valence electrons. The largest absolute Gasteiger partial charge is 0.476 e. The van der Waals surface area contributed by atoms with Crippen molar-refractivity contribution in [3.63, 3.8) is 0 Å². The lowest BCUT2D eigenvalue weighted by atomic mass is 10.1. The normalized spacial score (nSPS) is 16.2. The van der Waals surface area contributed by atoms with Gasteiger partial charge in [0, 0.05) is 56.1 Å². The molecule has 0 saturated heterocycles. The van der Waals surface area contributed by atoms with Gasteiger partial charge in [0.15, 0.2) is 11.4 Å². The minimum absolute atomic E-state index is 0.269. The number of methoxy groups -OCH3 is 1. The topological polar surface area (TPSA) is 82.1 Å². The maximum absolute atomic E-state index is 11.5. The SMILES string of the molecule is CCN(CCOC)c1cccc2oc(-c3cnc4ccc(OC[C@H]5CCC(=O)C5)nn34)cc12. The lowest BCUT2D eigenvalue weighted by Gasteiger charge is -2.23. The molecule has 0 aliphatic heterocycles. The molecule has 0 amide bonds. The molecule has 0 bridgehead atoms. The van der Waals surface area contributed by atoms with Crippen LogP contribution in [0.4, 0.5) is 5.69 Å². The molecule has 1 aliphatic carbocycles. The Morgan fingerprint density at radius 3 is 2.97 bits per heavy atom. The number of aromatic nitrogens is 3. The third-order valence-electron chi connectivity index (χ3n) is 6.23. The highest BCUT2D eigenvalue weighted by molar-refractivity contribution is 5.94. The van der Waals surface area contributed by atoms with Gasteiger partial charge in [0.2, 0.25) is 5.88 Å². The van der Waals surface area contributed by atoms with Crippen molar-refractivity contribution in [3.8, 4) is 17.3 Å². The second kappa shape index (κ2) is 9.23. The van der Waals surface area contributed by atoms with Crippen molar-refractivity contribution in [2.24, 2.45) is 5.92 Å². The Hall–Kier alpha value is -3.39. The first-order valence-corrected chi connectivity index (χ1v) is 11.4. The van der Waals surface area contributed by atoms with Crippen LogP contribution < -0.4 is 9.64 Å². The molecular weight excluding hydrogens is 420 g/mol. The molecule has 4 aromatic rings. The van der Waals surface area contributed by atoms with Crippen LogP contribution in [0.25, 0.3) is 28.1 Å². The first-order valence-electron chi connectivity index (χ1n) is 11.4. The maximum Gasteiger partial charge on any atom is 0.231 e. The summed E-state index contributed by atoms with van der Waals surface area (Å²) in [6, 6.07) is 11.8. The number of hydrogen-bond donors (Lipinski definition) is 0. The van der Waals surface area contributed by atoms with Crippen LogP contribution in [0.1, 0.15) is 26.2 Å². The molecule has 3 heterocycles. The van der Waals surface area contributed by atoms with Crippen LogP contribution in [-0.2, 0) is 9.53 Å². The van der Waals surface area contributed by atoms with E-state index in [9.17, 15) is 4.79 Å². The van der Waals surface area contributed by atoms with Crippen LogP contribution in [-0.4, -0.2) is 53.8 Å². The van der Waals surface area contributed by atoms with Crippen LogP contribution in [0.5, 0.6) is 5.88 Å². The van der Waals surface area contributed by atoms with Crippen molar-refractivity contribution in [2.75, 3.05) is 38.3 Å². The van der Waals surface area contributed by atoms with Gasteiger partial charge in [-0.25, -0.2) is 9.50 Å². The lowest BCUT2D eigenvalue weighted by molar-refractivity contribution is -0.117. The van der Waals surface area contributed by atoms with Crippen molar-refractivity contribution in [2.45, 2.75) is 26.2 Å². The van der Waals surface area contributed by atoms with E-state index in [1.54, 1.807) is 17.8 Å². The van der Waals surface area contributed by atoms with Crippen molar-refractivity contribution in [3.05, 3.63) is 42.6 Å². The number of imidazole rings is 1. The van der Waals surface area contributed by atoms with Gasteiger partial charge in [0.25, 0.3) is 0 Å². The van der Waals surface area contributed by atoms with E-state index in [0.717, 1.165) is 41.9 Å². The Morgan fingerprint density at radius 2 is 2.18 bits per heavy atom. The number of ether oxygens (including phenoxy) is 2. The number of benzene rings is 1. The molecule has 1 atom stereocenters. The summed E-state index contributed by atoms with van der Waals surface area (Å²) < 4.78 is 19.1. The summed E-state index contributed by atoms with van der Waals surface area (Å²) >= 11 is 0. The number of hydrogen-bond acceptors (Lipinski definition) is 7. The van der Waals surface area contributed by atoms with Crippen molar-refractivity contribution >= 4 is 28.1 Å². The third-order valence-corrected chi connectivity index (χ3v) is 6.23. The molecular formula is C25H28N4O4. The zero-order valence-electron chi connectivity index (χ0n) is 19.0. The highest BCUT2D eigenvalue weighted by atomic mass is 16.5. The first kappa shape index (κ1) is 21.5. The molecule has 3 aromatic heterocycles.